The minimum Gasteiger partial charge on any atom is -0.487 e. The van der Waals surface area contributed by atoms with E-state index in [-0.39, 0.29) is 5.69 Å². The summed E-state index contributed by atoms with van der Waals surface area (Å²) in [5.74, 6) is 0.378. The van der Waals surface area contributed by atoms with Gasteiger partial charge in [-0.25, -0.2) is 0 Å². The van der Waals surface area contributed by atoms with Crippen LogP contribution in [0.15, 0.2) is 18.2 Å². The minimum atomic E-state index is -0.391. The van der Waals surface area contributed by atoms with Crippen molar-refractivity contribution in [3.8, 4) is 5.75 Å². The van der Waals surface area contributed by atoms with Crippen LogP contribution in [-0.2, 0) is 5.33 Å². The molecule has 4 nitrogen and oxygen atoms in total. The molecule has 0 amide bonds. The Kier molecular flexibility index (Phi) is 9.06. The van der Waals surface area contributed by atoms with Crippen molar-refractivity contribution >= 4 is 21.6 Å². The van der Waals surface area contributed by atoms with E-state index in [2.05, 4.69) is 22.9 Å². The summed E-state index contributed by atoms with van der Waals surface area (Å²) in [7, 11) is 0. The Morgan fingerprint density at radius 2 is 1.81 bits per heavy atom. The van der Waals surface area contributed by atoms with Gasteiger partial charge in [-0.15, -0.1) is 0 Å². The molecule has 0 heterocycles. The number of unbranched alkanes of at least 4 members (excludes halogenated alkanes) is 6. The van der Waals surface area contributed by atoms with Gasteiger partial charge in [-0.1, -0.05) is 67.4 Å². The number of benzene rings is 1. The van der Waals surface area contributed by atoms with Crippen molar-refractivity contribution in [1.82, 2.24) is 0 Å². The van der Waals surface area contributed by atoms with E-state index in [9.17, 15) is 10.1 Å². The molecular weight excluding hydrogens is 334 g/mol. The predicted octanol–water partition coefficient (Wildman–Crippen LogP) is 5.62. The number of hydrogen-bond donors (Lipinski definition) is 0. The molecule has 1 rings (SSSR count). The molecule has 0 fully saturated rings. The Hall–Kier alpha value is -1.10. The van der Waals surface area contributed by atoms with Crippen LogP contribution in [0.25, 0.3) is 0 Å². The molecule has 0 aliphatic heterocycles. The van der Waals surface area contributed by atoms with Crippen LogP contribution in [-0.4, -0.2) is 11.5 Å². The molecule has 0 atom stereocenters. The predicted molar refractivity (Wildman–Crippen MR) is 89.2 cm³/mol. The van der Waals surface area contributed by atoms with Crippen molar-refractivity contribution in [1.29, 1.82) is 0 Å². The summed E-state index contributed by atoms with van der Waals surface area (Å²) in [6.07, 6.45) is 8.42. The number of nitro groups is 1. The lowest BCUT2D eigenvalue weighted by atomic mass is 10.1. The van der Waals surface area contributed by atoms with Crippen molar-refractivity contribution in [3.05, 3.63) is 33.9 Å². The highest BCUT2D eigenvalue weighted by Gasteiger charge is 2.15. The van der Waals surface area contributed by atoms with Gasteiger partial charge in [0.1, 0.15) is 0 Å². The van der Waals surface area contributed by atoms with Gasteiger partial charge in [-0.05, 0) is 18.1 Å². The smallest absolute Gasteiger partial charge is 0.310 e. The number of ether oxygens (including phenoxy) is 1. The molecule has 1 aromatic carbocycles. The SMILES string of the molecule is CCCCCCCCCOc1cc(CBr)ccc1[N+](=O)[O-]. The van der Waals surface area contributed by atoms with E-state index in [1.165, 1.54) is 38.2 Å². The van der Waals surface area contributed by atoms with Gasteiger partial charge in [-0.3, -0.25) is 10.1 Å². The molecule has 0 unspecified atom stereocenters. The Morgan fingerprint density at radius 3 is 2.43 bits per heavy atom. The fraction of sp³-hybridized carbons (Fsp3) is 0.625. The van der Waals surface area contributed by atoms with Crippen LogP contribution >= 0.6 is 15.9 Å². The first-order valence-corrected chi connectivity index (χ1v) is 8.77. The van der Waals surface area contributed by atoms with Crippen LogP contribution in [0, 0.1) is 10.1 Å². The van der Waals surface area contributed by atoms with E-state index in [1.807, 2.05) is 0 Å². The zero-order chi connectivity index (χ0) is 15.5. The van der Waals surface area contributed by atoms with Gasteiger partial charge in [-0.2, -0.15) is 0 Å². The van der Waals surface area contributed by atoms with Gasteiger partial charge in [0.15, 0.2) is 5.75 Å². The highest BCUT2D eigenvalue weighted by Crippen LogP contribution is 2.29. The van der Waals surface area contributed by atoms with Crippen LogP contribution in [0.1, 0.15) is 57.4 Å². The zero-order valence-corrected chi connectivity index (χ0v) is 14.2. The largest absolute Gasteiger partial charge is 0.487 e. The highest BCUT2D eigenvalue weighted by molar-refractivity contribution is 9.08. The first-order valence-electron chi connectivity index (χ1n) is 7.65. The summed E-state index contributed by atoms with van der Waals surface area (Å²) in [6, 6.07) is 5.00. The topological polar surface area (TPSA) is 52.4 Å². The van der Waals surface area contributed by atoms with Gasteiger partial charge in [0, 0.05) is 11.4 Å². The van der Waals surface area contributed by atoms with Crippen molar-refractivity contribution in [2.24, 2.45) is 0 Å². The van der Waals surface area contributed by atoms with Crippen LogP contribution in [0.3, 0.4) is 0 Å². The number of nitrogens with zero attached hydrogens (tertiary/aromatic N) is 1. The normalized spacial score (nSPS) is 10.6. The molecular formula is C16H24BrNO3. The number of nitro benzene ring substituents is 1. The van der Waals surface area contributed by atoms with Crippen molar-refractivity contribution in [2.45, 2.75) is 57.2 Å². The molecule has 0 saturated carbocycles. The van der Waals surface area contributed by atoms with Gasteiger partial charge in [0.2, 0.25) is 0 Å². The third-order valence-electron chi connectivity index (χ3n) is 3.38. The Morgan fingerprint density at radius 1 is 1.14 bits per heavy atom. The third-order valence-corrected chi connectivity index (χ3v) is 4.03. The van der Waals surface area contributed by atoms with E-state index < -0.39 is 4.92 Å². The number of alkyl halides is 1. The van der Waals surface area contributed by atoms with Gasteiger partial charge >= 0.3 is 5.69 Å². The number of rotatable bonds is 11. The summed E-state index contributed by atoms with van der Waals surface area (Å²) in [5.41, 5.74) is 1.03. The maximum atomic E-state index is 11.0. The van der Waals surface area contributed by atoms with Crippen molar-refractivity contribution in [2.75, 3.05) is 6.61 Å². The summed E-state index contributed by atoms with van der Waals surface area (Å²) in [4.78, 5) is 10.6. The molecule has 0 aliphatic carbocycles. The second kappa shape index (κ2) is 10.6. The molecule has 5 heteroatoms. The fourth-order valence-electron chi connectivity index (χ4n) is 2.15. The summed E-state index contributed by atoms with van der Waals surface area (Å²) >= 11 is 3.35. The van der Waals surface area contributed by atoms with E-state index in [0.29, 0.717) is 17.7 Å². The molecule has 0 radical (unpaired) electrons. The lowest BCUT2D eigenvalue weighted by Crippen LogP contribution is -2.01. The molecule has 0 saturated heterocycles. The molecule has 0 bridgehead atoms. The summed E-state index contributed by atoms with van der Waals surface area (Å²) < 4.78 is 5.61. The van der Waals surface area contributed by atoms with Crippen LogP contribution in [0.4, 0.5) is 5.69 Å². The average molecular weight is 358 g/mol. The summed E-state index contributed by atoms with van der Waals surface area (Å²) in [5, 5.41) is 11.6. The summed E-state index contributed by atoms with van der Waals surface area (Å²) in [6.45, 7) is 2.75. The van der Waals surface area contributed by atoms with Gasteiger partial charge < -0.3 is 4.74 Å². The maximum absolute atomic E-state index is 11.0. The highest BCUT2D eigenvalue weighted by atomic mass is 79.9. The van der Waals surface area contributed by atoms with Crippen LogP contribution in [0.2, 0.25) is 0 Å². The van der Waals surface area contributed by atoms with Crippen molar-refractivity contribution in [3.63, 3.8) is 0 Å². The molecule has 118 valence electrons. The second-order valence-corrected chi connectivity index (χ2v) is 5.72. The van der Waals surface area contributed by atoms with Crippen LogP contribution < -0.4 is 4.74 Å². The molecule has 1 aromatic rings. The van der Waals surface area contributed by atoms with E-state index >= 15 is 0 Å². The van der Waals surface area contributed by atoms with E-state index in [1.54, 1.807) is 12.1 Å². The zero-order valence-electron chi connectivity index (χ0n) is 12.6. The minimum absolute atomic E-state index is 0.0441. The standard InChI is InChI=1S/C16H24BrNO3/c1-2-3-4-5-6-7-8-11-21-16-12-14(13-17)9-10-15(16)18(19)20/h9-10,12H,2-8,11,13H2,1H3. The molecule has 0 spiro atoms. The molecule has 0 aliphatic rings. The Bertz CT molecular complexity index is 438. The lowest BCUT2D eigenvalue weighted by Gasteiger charge is -2.08. The van der Waals surface area contributed by atoms with Crippen molar-refractivity contribution < 1.29 is 9.66 Å². The monoisotopic (exact) mass is 357 g/mol. The van der Waals surface area contributed by atoms with E-state index in [0.717, 1.165) is 18.4 Å². The Balaban J connectivity index is 2.35. The first-order chi connectivity index (χ1) is 10.2. The molecule has 21 heavy (non-hydrogen) atoms. The number of hydrogen-bond acceptors (Lipinski definition) is 3. The van der Waals surface area contributed by atoms with Crippen LogP contribution in [0.5, 0.6) is 5.75 Å². The van der Waals surface area contributed by atoms with Gasteiger partial charge in [0.05, 0.1) is 11.5 Å². The quantitative estimate of drug-likeness (QED) is 0.223. The molecule has 0 aromatic heterocycles. The van der Waals surface area contributed by atoms with E-state index in [4.69, 9.17) is 4.74 Å². The first kappa shape index (κ1) is 18.0. The lowest BCUT2D eigenvalue weighted by molar-refractivity contribution is -0.385. The fourth-order valence-corrected chi connectivity index (χ4v) is 2.50. The van der Waals surface area contributed by atoms with Gasteiger partial charge in [0.25, 0.3) is 0 Å². The second-order valence-electron chi connectivity index (χ2n) is 5.16. The number of halogens is 1. The maximum Gasteiger partial charge on any atom is 0.310 e. The average Bonchev–Trinajstić information content (AvgIpc) is 2.49. The molecule has 0 N–H and O–H groups in total. The third kappa shape index (κ3) is 6.93. The Labute approximate surface area is 135 Å².